The van der Waals surface area contributed by atoms with Crippen LogP contribution in [-0.2, 0) is 16.1 Å². The molecule has 20 heavy (non-hydrogen) atoms. The Labute approximate surface area is 120 Å². The highest BCUT2D eigenvalue weighted by Gasteiger charge is 2.39. The van der Waals surface area contributed by atoms with Gasteiger partial charge < -0.3 is 10.2 Å². The zero-order valence-corrected chi connectivity index (χ0v) is 12.3. The minimum atomic E-state index is -0.231. The summed E-state index contributed by atoms with van der Waals surface area (Å²) in [6.07, 6.45) is 0.317. The van der Waals surface area contributed by atoms with Crippen LogP contribution in [0.2, 0.25) is 0 Å². The number of hydrogen-bond acceptors (Lipinski definition) is 2. The molecule has 108 valence electrons. The molecule has 4 nitrogen and oxygen atoms in total. The molecule has 1 fully saturated rings. The number of nitrogens with zero attached hydrogens (tertiary/aromatic N) is 1. The third-order valence-corrected chi connectivity index (χ3v) is 3.62. The van der Waals surface area contributed by atoms with E-state index in [9.17, 15) is 9.59 Å². The number of hydrogen-bond donors (Lipinski definition) is 1. The number of rotatable bonds is 3. The summed E-state index contributed by atoms with van der Waals surface area (Å²) >= 11 is 0. The van der Waals surface area contributed by atoms with Crippen molar-refractivity contribution in [1.29, 1.82) is 0 Å². The van der Waals surface area contributed by atoms with Gasteiger partial charge in [-0.3, -0.25) is 9.59 Å². The molecule has 1 aromatic rings. The standard InChI is InChI=1S/C16H22N2O2/c1-16(2,3)18-11-13(9-14(18)19)15(20)17-10-12-7-5-4-6-8-12/h4-8,13H,9-11H2,1-3H3,(H,17,20). The summed E-state index contributed by atoms with van der Waals surface area (Å²) in [6, 6.07) is 9.79. The fourth-order valence-electron chi connectivity index (χ4n) is 2.46. The van der Waals surface area contributed by atoms with Crippen LogP contribution in [0.4, 0.5) is 0 Å². The van der Waals surface area contributed by atoms with Gasteiger partial charge in [-0.05, 0) is 26.3 Å². The van der Waals surface area contributed by atoms with Gasteiger partial charge in [0.25, 0.3) is 0 Å². The van der Waals surface area contributed by atoms with E-state index in [1.165, 1.54) is 0 Å². The van der Waals surface area contributed by atoms with Crippen LogP contribution in [-0.4, -0.2) is 28.8 Å². The predicted molar refractivity (Wildman–Crippen MR) is 77.9 cm³/mol. The summed E-state index contributed by atoms with van der Waals surface area (Å²) in [7, 11) is 0. The van der Waals surface area contributed by atoms with Gasteiger partial charge in [-0.2, -0.15) is 0 Å². The summed E-state index contributed by atoms with van der Waals surface area (Å²) in [4.78, 5) is 25.9. The van der Waals surface area contributed by atoms with E-state index in [2.05, 4.69) is 5.32 Å². The quantitative estimate of drug-likeness (QED) is 0.916. The molecular weight excluding hydrogens is 252 g/mol. The highest BCUT2D eigenvalue weighted by molar-refractivity contribution is 5.89. The minimum Gasteiger partial charge on any atom is -0.352 e. The normalized spacial score (nSPS) is 19.2. The van der Waals surface area contributed by atoms with Crippen LogP contribution < -0.4 is 5.32 Å². The van der Waals surface area contributed by atoms with Gasteiger partial charge in [-0.15, -0.1) is 0 Å². The minimum absolute atomic E-state index is 0.0334. The molecule has 0 bridgehead atoms. The molecule has 1 aliphatic rings. The molecule has 0 aliphatic carbocycles. The second-order valence-electron chi connectivity index (χ2n) is 6.28. The van der Waals surface area contributed by atoms with Crippen molar-refractivity contribution in [1.82, 2.24) is 10.2 Å². The van der Waals surface area contributed by atoms with E-state index in [1.54, 1.807) is 4.90 Å². The van der Waals surface area contributed by atoms with Crippen molar-refractivity contribution in [2.24, 2.45) is 5.92 Å². The largest absolute Gasteiger partial charge is 0.352 e. The number of carbonyl (C=O) groups is 2. The Hall–Kier alpha value is -1.84. The van der Waals surface area contributed by atoms with E-state index in [4.69, 9.17) is 0 Å². The number of carbonyl (C=O) groups excluding carboxylic acids is 2. The summed E-state index contributed by atoms with van der Waals surface area (Å²) in [5.41, 5.74) is 0.851. The van der Waals surface area contributed by atoms with Gasteiger partial charge >= 0.3 is 0 Å². The van der Waals surface area contributed by atoms with Crippen molar-refractivity contribution in [2.45, 2.75) is 39.3 Å². The molecule has 0 radical (unpaired) electrons. The number of benzene rings is 1. The van der Waals surface area contributed by atoms with Crippen LogP contribution in [0.5, 0.6) is 0 Å². The first-order valence-corrected chi connectivity index (χ1v) is 7.00. The van der Waals surface area contributed by atoms with Gasteiger partial charge in [0.05, 0.1) is 5.92 Å². The second-order valence-corrected chi connectivity index (χ2v) is 6.28. The average molecular weight is 274 g/mol. The topological polar surface area (TPSA) is 49.4 Å². The maximum atomic E-state index is 12.1. The van der Waals surface area contributed by atoms with Crippen molar-refractivity contribution in [3.8, 4) is 0 Å². The Morgan fingerprint density at radius 3 is 2.50 bits per heavy atom. The van der Waals surface area contributed by atoms with Gasteiger partial charge in [0.1, 0.15) is 0 Å². The molecule has 2 rings (SSSR count). The third-order valence-electron chi connectivity index (χ3n) is 3.62. The fourth-order valence-corrected chi connectivity index (χ4v) is 2.46. The molecule has 4 heteroatoms. The molecule has 1 heterocycles. The lowest BCUT2D eigenvalue weighted by Gasteiger charge is -2.31. The Bertz CT molecular complexity index is 491. The summed E-state index contributed by atoms with van der Waals surface area (Å²) in [6.45, 7) is 7.02. The Balaban J connectivity index is 1.90. The zero-order valence-electron chi connectivity index (χ0n) is 12.3. The van der Waals surface area contributed by atoms with Crippen LogP contribution in [0, 0.1) is 5.92 Å². The van der Waals surface area contributed by atoms with E-state index < -0.39 is 0 Å². The van der Waals surface area contributed by atoms with Crippen molar-refractivity contribution in [2.75, 3.05) is 6.54 Å². The van der Waals surface area contributed by atoms with Crippen molar-refractivity contribution < 1.29 is 9.59 Å². The molecule has 1 N–H and O–H groups in total. The second kappa shape index (κ2) is 5.65. The third kappa shape index (κ3) is 3.38. The highest BCUT2D eigenvalue weighted by Crippen LogP contribution is 2.25. The molecular formula is C16H22N2O2. The smallest absolute Gasteiger partial charge is 0.225 e. The van der Waals surface area contributed by atoms with Crippen LogP contribution >= 0.6 is 0 Å². The van der Waals surface area contributed by atoms with E-state index >= 15 is 0 Å². The van der Waals surface area contributed by atoms with Gasteiger partial charge in [0, 0.05) is 25.0 Å². The summed E-state index contributed by atoms with van der Waals surface area (Å²) in [5, 5.41) is 2.92. The molecule has 1 saturated heterocycles. The van der Waals surface area contributed by atoms with Gasteiger partial charge in [-0.25, -0.2) is 0 Å². The lowest BCUT2D eigenvalue weighted by molar-refractivity contribution is -0.132. The maximum Gasteiger partial charge on any atom is 0.225 e. The van der Waals surface area contributed by atoms with E-state index in [0.29, 0.717) is 19.5 Å². The predicted octanol–water partition coefficient (Wildman–Crippen LogP) is 1.95. The zero-order chi connectivity index (χ0) is 14.8. The van der Waals surface area contributed by atoms with Crippen molar-refractivity contribution >= 4 is 11.8 Å². The first kappa shape index (κ1) is 14.6. The first-order valence-electron chi connectivity index (χ1n) is 7.00. The van der Waals surface area contributed by atoms with Gasteiger partial charge in [-0.1, -0.05) is 30.3 Å². The fraction of sp³-hybridized carbons (Fsp3) is 0.500. The average Bonchev–Trinajstić information content (AvgIpc) is 2.79. The molecule has 1 atom stereocenters. The van der Waals surface area contributed by atoms with E-state index in [1.807, 2.05) is 51.1 Å². The molecule has 0 aromatic heterocycles. The van der Waals surface area contributed by atoms with Gasteiger partial charge in [0.15, 0.2) is 0 Å². The lowest BCUT2D eigenvalue weighted by Crippen LogP contribution is -2.43. The first-order chi connectivity index (χ1) is 9.38. The van der Waals surface area contributed by atoms with E-state index in [-0.39, 0.29) is 23.3 Å². The van der Waals surface area contributed by atoms with E-state index in [0.717, 1.165) is 5.56 Å². The van der Waals surface area contributed by atoms with Crippen molar-refractivity contribution in [3.63, 3.8) is 0 Å². The molecule has 1 unspecified atom stereocenters. The monoisotopic (exact) mass is 274 g/mol. The van der Waals surface area contributed by atoms with Crippen LogP contribution in [0.1, 0.15) is 32.8 Å². The van der Waals surface area contributed by atoms with Crippen LogP contribution in [0.25, 0.3) is 0 Å². The van der Waals surface area contributed by atoms with Crippen LogP contribution in [0.15, 0.2) is 30.3 Å². The molecule has 0 spiro atoms. The number of nitrogens with one attached hydrogen (secondary N) is 1. The SMILES string of the molecule is CC(C)(C)N1CC(C(=O)NCc2ccccc2)CC1=O. The number of amides is 2. The summed E-state index contributed by atoms with van der Waals surface area (Å²) < 4.78 is 0. The maximum absolute atomic E-state index is 12.1. The molecule has 0 saturated carbocycles. The Morgan fingerprint density at radius 1 is 1.30 bits per heavy atom. The molecule has 2 amide bonds. The lowest BCUT2D eigenvalue weighted by atomic mass is 10.1. The Morgan fingerprint density at radius 2 is 1.95 bits per heavy atom. The highest BCUT2D eigenvalue weighted by atomic mass is 16.2. The van der Waals surface area contributed by atoms with Crippen molar-refractivity contribution in [3.05, 3.63) is 35.9 Å². The summed E-state index contributed by atoms with van der Waals surface area (Å²) in [5.74, 6) is -0.197. The molecule has 1 aromatic carbocycles. The van der Waals surface area contributed by atoms with Crippen LogP contribution in [0.3, 0.4) is 0 Å². The Kier molecular flexibility index (Phi) is 4.12. The van der Waals surface area contributed by atoms with Gasteiger partial charge in [0.2, 0.25) is 11.8 Å². The number of likely N-dealkylation sites (tertiary alicyclic amines) is 1. The molecule has 1 aliphatic heterocycles.